The molecule has 0 bridgehead atoms. The summed E-state index contributed by atoms with van der Waals surface area (Å²) in [7, 11) is 0. The minimum absolute atomic E-state index is 0.355. The van der Waals surface area contributed by atoms with Crippen LogP contribution < -0.4 is 5.73 Å². The monoisotopic (exact) mass is 155 g/mol. The number of carbonyl (C=O) groups is 1. The second kappa shape index (κ2) is 3.86. The number of carbonyl (C=O) groups excluding carboxylic acids is 1. The Bertz CT molecular complexity index is 144. The molecule has 0 aromatic heterocycles. The Balaban J connectivity index is 2.08. The standard InChI is InChI=1S/C9H17NO/c1-2-7-5-8(7)6-9(11)3-4-10/h7-8H,2-6,10H2,1H3/t7-,8+/m1/s1. The van der Waals surface area contributed by atoms with Gasteiger partial charge in [0.15, 0.2) is 0 Å². The van der Waals surface area contributed by atoms with Gasteiger partial charge in [0.2, 0.25) is 0 Å². The van der Waals surface area contributed by atoms with Crippen molar-refractivity contribution >= 4 is 5.78 Å². The molecular formula is C9H17NO. The van der Waals surface area contributed by atoms with E-state index < -0.39 is 0 Å². The molecule has 1 aliphatic rings. The van der Waals surface area contributed by atoms with Crippen molar-refractivity contribution in [3.05, 3.63) is 0 Å². The van der Waals surface area contributed by atoms with Crippen LogP contribution in [-0.2, 0) is 4.79 Å². The zero-order chi connectivity index (χ0) is 8.27. The van der Waals surface area contributed by atoms with E-state index in [4.69, 9.17) is 5.73 Å². The summed E-state index contributed by atoms with van der Waals surface area (Å²) in [5, 5.41) is 0. The summed E-state index contributed by atoms with van der Waals surface area (Å²) in [5.74, 6) is 1.91. The molecule has 0 heterocycles. The molecule has 0 saturated heterocycles. The fourth-order valence-corrected chi connectivity index (χ4v) is 1.62. The van der Waals surface area contributed by atoms with Gasteiger partial charge in [-0.25, -0.2) is 0 Å². The van der Waals surface area contributed by atoms with E-state index in [0.717, 1.165) is 12.3 Å². The highest BCUT2D eigenvalue weighted by molar-refractivity contribution is 5.79. The predicted molar refractivity (Wildman–Crippen MR) is 45.2 cm³/mol. The number of nitrogens with two attached hydrogens (primary N) is 1. The lowest BCUT2D eigenvalue weighted by Crippen LogP contribution is -2.08. The molecule has 11 heavy (non-hydrogen) atoms. The first-order chi connectivity index (χ1) is 5.27. The molecule has 0 aliphatic heterocycles. The van der Waals surface area contributed by atoms with E-state index >= 15 is 0 Å². The highest BCUT2D eigenvalue weighted by Crippen LogP contribution is 2.43. The Labute approximate surface area is 68.2 Å². The lowest BCUT2D eigenvalue weighted by atomic mass is 10.1. The molecule has 0 aromatic rings. The van der Waals surface area contributed by atoms with Gasteiger partial charge >= 0.3 is 0 Å². The minimum Gasteiger partial charge on any atom is -0.330 e. The molecule has 1 rings (SSSR count). The van der Waals surface area contributed by atoms with Crippen molar-refractivity contribution in [1.82, 2.24) is 0 Å². The van der Waals surface area contributed by atoms with Gasteiger partial charge in [0.1, 0.15) is 5.78 Å². The summed E-state index contributed by atoms with van der Waals surface area (Å²) < 4.78 is 0. The SMILES string of the molecule is CC[C@@H]1C[C@H]1CC(=O)CCN. The van der Waals surface area contributed by atoms with E-state index in [2.05, 4.69) is 6.92 Å². The highest BCUT2D eigenvalue weighted by Gasteiger charge is 2.36. The smallest absolute Gasteiger partial charge is 0.134 e. The fourth-order valence-electron chi connectivity index (χ4n) is 1.62. The van der Waals surface area contributed by atoms with Crippen molar-refractivity contribution in [3.63, 3.8) is 0 Å². The van der Waals surface area contributed by atoms with E-state index in [-0.39, 0.29) is 0 Å². The molecule has 0 aromatic carbocycles. The average molecular weight is 155 g/mol. The number of hydrogen-bond acceptors (Lipinski definition) is 2. The van der Waals surface area contributed by atoms with Crippen LogP contribution in [0.2, 0.25) is 0 Å². The maximum absolute atomic E-state index is 11.1. The van der Waals surface area contributed by atoms with Gasteiger partial charge in [-0.2, -0.15) is 0 Å². The Morgan fingerprint density at radius 1 is 1.55 bits per heavy atom. The van der Waals surface area contributed by atoms with Crippen molar-refractivity contribution in [2.75, 3.05) is 6.54 Å². The van der Waals surface area contributed by atoms with Gasteiger partial charge in [-0.3, -0.25) is 4.79 Å². The molecule has 1 aliphatic carbocycles. The molecule has 0 spiro atoms. The topological polar surface area (TPSA) is 43.1 Å². The summed E-state index contributed by atoms with van der Waals surface area (Å²) in [6.45, 7) is 2.71. The van der Waals surface area contributed by atoms with Gasteiger partial charge < -0.3 is 5.73 Å². The molecule has 0 amide bonds. The Hall–Kier alpha value is -0.370. The van der Waals surface area contributed by atoms with Gasteiger partial charge in [0, 0.05) is 12.8 Å². The number of ketones is 1. The second-order valence-electron chi connectivity index (χ2n) is 3.45. The quantitative estimate of drug-likeness (QED) is 0.651. The molecule has 1 saturated carbocycles. The fraction of sp³-hybridized carbons (Fsp3) is 0.889. The molecule has 0 radical (unpaired) electrons. The first-order valence-electron chi connectivity index (χ1n) is 4.49. The van der Waals surface area contributed by atoms with Crippen LogP contribution in [0.25, 0.3) is 0 Å². The van der Waals surface area contributed by atoms with Crippen LogP contribution in [0.1, 0.15) is 32.6 Å². The van der Waals surface area contributed by atoms with Crippen LogP contribution >= 0.6 is 0 Å². The highest BCUT2D eigenvalue weighted by atomic mass is 16.1. The van der Waals surface area contributed by atoms with Crippen LogP contribution in [-0.4, -0.2) is 12.3 Å². The second-order valence-corrected chi connectivity index (χ2v) is 3.45. The van der Waals surface area contributed by atoms with E-state index in [1.807, 2.05) is 0 Å². The summed E-state index contributed by atoms with van der Waals surface area (Å²) in [4.78, 5) is 11.1. The molecule has 0 unspecified atom stereocenters. The van der Waals surface area contributed by atoms with E-state index in [1.165, 1.54) is 12.8 Å². The Kier molecular flexibility index (Phi) is 3.06. The maximum atomic E-state index is 11.1. The van der Waals surface area contributed by atoms with Crippen molar-refractivity contribution in [2.24, 2.45) is 17.6 Å². The van der Waals surface area contributed by atoms with Crippen molar-refractivity contribution in [3.8, 4) is 0 Å². The molecule has 64 valence electrons. The van der Waals surface area contributed by atoms with E-state index in [9.17, 15) is 4.79 Å². The van der Waals surface area contributed by atoms with Crippen LogP contribution in [0.15, 0.2) is 0 Å². The molecule has 1 fully saturated rings. The van der Waals surface area contributed by atoms with Gasteiger partial charge in [-0.1, -0.05) is 13.3 Å². The lowest BCUT2D eigenvalue weighted by molar-refractivity contribution is -0.119. The van der Waals surface area contributed by atoms with Gasteiger partial charge in [0.05, 0.1) is 0 Å². The molecule has 2 N–H and O–H groups in total. The van der Waals surface area contributed by atoms with Crippen molar-refractivity contribution < 1.29 is 4.79 Å². The number of hydrogen-bond donors (Lipinski definition) is 1. The third kappa shape index (κ3) is 2.62. The first-order valence-corrected chi connectivity index (χ1v) is 4.49. The maximum Gasteiger partial charge on any atom is 0.134 e. The largest absolute Gasteiger partial charge is 0.330 e. The zero-order valence-corrected chi connectivity index (χ0v) is 7.18. The van der Waals surface area contributed by atoms with Crippen molar-refractivity contribution in [1.29, 1.82) is 0 Å². The van der Waals surface area contributed by atoms with Crippen LogP contribution in [0.4, 0.5) is 0 Å². The van der Waals surface area contributed by atoms with E-state index in [1.54, 1.807) is 0 Å². The van der Waals surface area contributed by atoms with Crippen LogP contribution in [0.5, 0.6) is 0 Å². The van der Waals surface area contributed by atoms with Crippen LogP contribution in [0, 0.1) is 11.8 Å². The Morgan fingerprint density at radius 2 is 2.27 bits per heavy atom. The third-order valence-electron chi connectivity index (χ3n) is 2.51. The van der Waals surface area contributed by atoms with Gasteiger partial charge in [-0.05, 0) is 24.8 Å². The normalized spacial score (nSPS) is 28.5. The summed E-state index contributed by atoms with van der Waals surface area (Å²) in [6, 6.07) is 0. The first kappa shape index (κ1) is 8.72. The Morgan fingerprint density at radius 3 is 2.73 bits per heavy atom. The third-order valence-corrected chi connectivity index (χ3v) is 2.51. The molecule has 2 heteroatoms. The van der Waals surface area contributed by atoms with Gasteiger partial charge in [-0.15, -0.1) is 0 Å². The number of Topliss-reactive ketones (excluding diaryl/α,β-unsaturated/α-hetero) is 1. The summed E-state index contributed by atoms with van der Waals surface area (Å²) in [6.07, 6.45) is 3.87. The average Bonchev–Trinajstić information content (AvgIpc) is 2.68. The predicted octanol–water partition coefficient (Wildman–Crippen LogP) is 1.34. The lowest BCUT2D eigenvalue weighted by Gasteiger charge is -1.96. The molecule has 2 atom stereocenters. The van der Waals surface area contributed by atoms with Gasteiger partial charge in [0.25, 0.3) is 0 Å². The molecular weight excluding hydrogens is 138 g/mol. The summed E-state index contributed by atoms with van der Waals surface area (Å²) >= 11 is 0. The zero-order valence-electron chi connectivity index (χ0n) is 7.18. The number of rotatable bonds is 5. The molecule has 2 nitrogen and oxygen atoms in total. The summed E-state index contributed by atoms with van der Waals surface area (Å²) in [5.41, 5.74) is 5.27. The van der Waals surface area contributed by atoms with E-state index in [0.29, 0.717) is 24.7 Å². The van der Waals surface area contributed by atoms with Crippen molar-refractivity contribution in [2.45, 2.75) is 32.6 Å². The van der Waals surface area contributed by atoms with Crippen LogP contribution in [0.3, 0.4) is 0 Å². The minimum atomic E-state index is 0.355.